The van der Waals surface area contributed by atoms with Crippen molar-refractivity contribution >= 4 is 11.1 Å². The topological polar surface area (TPSA) is 46.3 Å². The van der Waals surface area contributed by atoms with Crippen molar-refractivity contribution in [1.82, 2.24) is 4.98 Å². The average molecular weight is 212 g/mol. The van der Waals surface area contributed by atoms with Gasteiger partial charge in [-0.15, -0.1) is 0 Å². The Morgan fingerprint density at radius 3 is 2.75 bits per heavy atom. The number of para-hydroxylation sites is 3. The van der Waals surface area contributed by atoms with Crippen LogP contribution in [-0.4, -0.2) is 11.5 Å². The Kier molecular flexibility index (Phi) is 1.68. The third-order valence-corrected chi connectivity index (χ3v) is 2.41. The molecule has 3 heteroatoms. The van der Waals surface area contributed by atoms with Crippen molar-refractivity contribution in [2.24, 2.45) is 0 Å². The molecule has 3 rings (SSSR count). The van der Waals surface area contributed by atoms with Gasteiger partial charge in [0.15, 0.2) is 5.58 Å². The van der Waals surface area contributed by atoms with E-state index in [1.54, 1.807) is 12.1 Å². The molecule has 0 fully saturated rings. The Morgan fingerprint density at radius 1 is 1.06 bits per heavy atom. The van der Waals surface area contributed by atoms with E-state index in [-0.39, 0.29) is 0 Å². The highest BCUT2D eigenvalue weighted by atomic mass is 16.3. The molecule has 1 N–H and O–H groups in total. The zero-order chi connectivity index (χ0) is 11.7. The van der Waals surface area contributed by atoms with Crippen molar-refractivity contribution in [3.63, 3.8) is 0 Å². The van der Waals surface area contributed by atoms with E-state index in [2.05, 4.69) is 10.1 Å². The minimum atomic E-state index is 0.430. The highest BCUT2D eigenvalue weighted by Gasteiger charge is 2.10. The highest BCUT2D eigenvalue weighted by Crippen LogP contribution is 2.30. The maximum atomic E-state index is 7.00. The Labute approximate surface area is 93.5 Å². The van der Waals surface area contributed by atoms with Crippen molar-refractivity contribution in [3.8, 4) is 17.2 Å². The summed E-state index contributed by atoms with van der Waals surface area (Å²) in [6.07, 6.45) is 0. The van der Waals surface area contributed by atoms with Crippen LogP contribution in [0.4, 0.5) is 0 Å². The second-order valence-electron chi connectivity index (χ2n) is 3.48. The van der Waals surface area contributed by atoms with Gasteiger partial charge in [-0.1, -0.05) is 24.3 Å². The van der Waals surface area contributed by atoms with Crippen LogP contribution in [0.5, 0.6) is 5.75 Å². The van der Waals surface area contributed by atoms with E-state index in [0.717, 1.165) is 11.1 Å². The highest BCUT2D eigenvalue weighted by molar-refractivity contribution is 5.77. The summed E-state index contributed by atoms with van der Waals surface area (Å²) in [6, 6.07) is 14.7. The Balaban J connectivity index is 2.20. The standard InChI is InChI=1S/C13H9NO2/c15-11-7-3-1-5-9(11)13-14-10-6-2-4-8-12(10)16-13/h1-8,15H/i/hD. The predicted octanol–water partition coefficient (Wildman–Crippen LogP) is 3.20. The average Bonchev–Trinajstić information content (AvgIpc) is 2.82. The van der Waals surface area contributed by atoms with Gasteiger partial charge in [0.05, 0.1) is 5.56 Å². The van der Waals surface area contributed by atoms with Crippen LogP contribution < -0.4 is 0 Å². The zero-order valence-corrected chi connectivity index (χ0v) is 8.38. The summed E-state index contributed by atoms with van der Waals surface area (Å²) in [4.78, 5) is 4.36. The quantitative estimate of drug-likeness (QED) is 0.709. The van der Waals surface area contributed by atoms with Gasteiger partial charge in [0, 0.05) is 0 Å². The summed E-state index contributed by atoms with van der Waals surface area (Å²) in [5, 5.41) is 4.55. The number of oxazole rings is 1. The second kappa shape index (κ2) is 3.38. The molecule has 0 radical (unpaired) electrons. The largest absolute Gasteiger partial charge is 0.507 e. The van der Waals surface area contributed by atoms with E-state index >= 15 is 0 Å². The number of aromatic nitrogens is 1. The number of aromatic hydroxyl groups is 1. The monoisotopic (exact) mass is 212 g/mol. The molecule has 0 spiro atoms. The lowest BCUT2D eigenvalue weighted by Gasteiger charge is -1.97. The molecule has 0 aliphatic rings. The molecule has 0 aliphatic carbocycles. The SMILES string of the molecule is [2H]Oc1ccccc1-c1nc2ccccc2o1. The molecule has 0 atom stereocenters. The third-order valence-electron chi connectivity index (χ3n) is 2.41. The minimum Gasteiger partial charge on any atom is -0.507 e. The maximum Gasteiger partial charge on any atom is 0.293 e. The number of hydrogen-bond donors (Lipinski definition) is 1. The molecule has 1 aromatic heterocycles. The van der Waals surface area contributed by atoms with Gasteiger partial charge in [0.2, 0.25) is 5.89 Å². The lowest BCUT2D eigenvalue weighted by Crippen LogP contribution is -1.77. The van der Waals surface area contributed by atoms with E-state index < -0.39 is 0 Å². The van der Waals surface area contributed by atoms with Gasteiger partial charge in [-0.05, 0) is 24.3 Å². The fourth-order valence-corrected chi connectivity index (χ4v) is 1.63. The van der Waals surface area contributed by atoms with E-state index in [1.807, 2.05) is 36.4 Å². The molecule has 78 valence electrons. The molecule has 0 amide bonds. The molecule has 0 saturated carbocycles. The summed E-state index contributed by atoms with van der Waals surface area (Å²) in [5.41, 5.74) is 2.20. The van der Waals surface area contributed by atoms with Gasteiger partial charge in [0.1, 0.15) is 11.3 Å². The molecule has 16 heavy (non-hydrogen) atoms. The van der Waals surface area contributed by atoms with Crippen LogP contribution >= 0.6 is 0 Å². The number of phenols is 1. The number of nitrogens with zero attached hydrogens (tertiary/aromatic N) is 1. The molecule has 0 unspecified atom stereocenters. The van der Waals surface area contributed by atoms with Crippen molar-refractivity contribution in [1.29, 1.82) is 1.43 Å². The summed E-state index contributed by atoms with van der Waals surface area (Å²) in [7, 11) is 0. The van der Waals surface area contributed by atoms with Gasteiger partial charge in [0.25, 0.3) is 1.43 Å². The first-order valence-corrected chi connectivity index (χ1v) is 4.96. The van der Waals surface area contributed by atoms with Crippen molar-refractivity contribution in [3.05, 3.63) is 48.5 Å². The number of phenolic OH excluding ortho intramolecular Hbond substituents is 1. The smallest absolute Gasteiger partial charge is 0.293 e. The number of hydrogen-bond acceptors (Lipinski definition) is 3. The number of benzene rings is 2. The third kappa shape index (κ3) is 1.34. The first-order chi connectivity index (χ1) is 8.38. The van der Waals surface area contributed by atoms with Crippen molar-refractivity contribution in [2.75, 3.05) is 0 Å². The second-order valence-corrected chi connectivity index (χ2v) is 3.48. The van der Waals surface area contributed by atoms with Gasteiger partial charge in [-0.2, -0.15) is 0 Å². The lowest BCUT2D eigenvalue weighted by molar-refractivity contribution is 0.474. The Bertz CT molecular complexity index is 630. The molecule has 1 heterocycles. The predicted molar refractivity (Wildman–Crippen MR) is 61.1 cm³/mol. The van der Waals surface area contributed by atoms with Crippen LogP contribution in [0, 0.1) is 0 Å². The van der Waals surface area contributed by atoms with E-state index in [9.17, 15) is 0 Å². The minimum absolute atomic E-state index is 0.430. The summed E-state index contributed by atoms with van der Waals surface area (Å²) in [5.74, 6) is 0.896. The van der Waals surface area contributed by atoms with E-state index in [0.29, 0.717) is 17.2 Å². The Morgan fingerprint density at radius 2 is 1.88 bits per heavy atom. The normalized spacial score (nSPS) is 11.4. The van der Waals surface area contributed by atoms with Crippen molar-refractivity contribution < 1.29 is 9.53 Å². The molecule has 2 aromatic carbocycles. The van der Waals surface area contributed by atoms with Crippen LogP contribution in [0.1, 0.15) is 0 Å². The molecule has 3 nitrogen and oxygen atoms in total. The van der Waals surface area contributed by atoms with Crippen LogP contribution in [0.25, 0.3) is 22.6 Å². The van der Waals surface area contributed by atoms with Gasteiger partial charge in [-0.3, -0.25) is 0 Å². The summed E-state index contributed by atoms with van der Waals surface area (Å²) >= 11 is 0. The summed E-state index contributed by atoms with van der Waals surface area (Å²) in [6.45, 7) is 0. The first-order valence-electron chi connectivity index (χ1n) is 5.37. The van der Waals surface area contributed by atoms with E-state index in [1.165, 1.54) is 0 Å². The number of fused-ring (bicyclic) bond motifs is 1. The van der Waals surface area contributed by atoms with Crippen LogP contribution in [-0.2, 0) is 0 Å². The summed E-state index contributed by atoms with van der Waals surface area (Å²) < 4.78 is 12.6. The number of rotatable bonds is 2. The van der Waals surface area contributed by atoms with Gasteiger partial charge < -0.3 is 9.53 Å². The molecular formula is C13H9NO2. The first kappa shape index (κ1) is 7.93. The van der Waals surface area contributed by atoms with Gasteiger partial charge in [-0.25, -0.2) is 4.98 Å². The fourth-order valence-electron chi connectivity index (χ4n) is 1.63. The Hall–Kier alpha value is -2.29. The van der Waals surface area contributed by atoms with Gasteiger partial charge >= 0.3 is 0 Å². The van der Waals surface area contributed by atoms with Crippen molar-refractivity contribution in [2.45, 2.75) is 0 Å². The van der Waals surface area contributed by atoms with E-state index in [4.69, 9.17) is 5.85 Å². The maximum absolute atomic E-state index is 7.00. The molecule has 0 aliphatic heterocycles. The lowest BCUT2D eigenvalue weighted by atomic mass is 10.2. The van der Waals surface area contributed by atoms with Crippen LogP contribution in [0.3, 0.4) is 0 Å². The fraction of sp³-hybridized carbons (Fsp3) is 0. The zero-order valence-electron chi connectivity index (χ0n) is 9.38. The van der Waals surface area contributed by atoms with Crippen LogP contribution in [0.2, 0.25) is 0 Å². The molecule has 0 bridgehead atoms. The molecular weight excluding hydrogens is 202 g/mol. The molecule has 0 saturated heterocycles. The molecule has 3 aromatic rings. The van der Waals surface area contributed by atoms with Crippen LogP contribution in [0.15, 0.2) is 52.9 Å².